The molecular formula is C17H15FN2O. The van der Waals surface area contributed by atoms with E-state index in [1.807, 2.05) is 30.3 Å². The highest BCUT2D eigenvalue weighted by Crippen LogP contribution is 2.28. The van der Waals surface area contributed by atoms with Gasteiger partial charge in [0.1, 0.15) is 17.7 Å². The summed E-state index contributed by atoms with van der Waals surface area (Å²) in [4.78, 5) is 4.30. The molecule has 21 heavy (non-hydrogen) atoms. The van der Waals surface area contributed by atoms with Crippen molar-refractivity contribution in [1.82, 2.24) is 4.98 Å². The lowest BCUT2D eigenvalue weighted by molar-refractivity contribution is 0.217. The van der Waals surface area contributed by atoms with E-state index in [9.17, 15) is 4.39 Å². The van der Waals surface area contributed by atoms with E-state index in [2.05, 4.69) is 4.98 Å². The molecule has 0 bridgehead atoms. The smallest absolute Gasteiger partial charge is 0.136 e. The molecule has 0 radical (unpaired) electrons. The average molecular weight is 282 g/mol. The quantitative estimate of drug-likeness (QED) is 0.797. The molecule has 106 valence electrons. The summed E-state index contributed by atoms with van der Waals surface area (Å²) in [5.41, 5.74) is 7.51. The fraction of sp³-hybridized carbons (Fsp3) is 0.118. The summed E-state index contributed by atoms with van der Waals surface area (Å²) in [5.74, 6) is 0.448. The summed E-state index contributed by atoms with van der Waals surface area (Å²) in [6.07, 6.45) is 1.42. The molecule has 0 spiro atoms. The van der Waals surface area contributed by atoms with Gasteiger partial charge in [-0.3, -0.25) is 4.98 Å². The van der Waals surface area contributed by atoms with Crippen LogP contribution in [-0.2, 0) is 0 Å². The lowest BCUT2D eigenvalue weighted by atomic mass is 10.1. The molecule has 2 aromatic carbocycles. The lowest BCUT2D eigenvalue weighted by Crippen LogP contribution is -2.18. The van der Waals surface area contributed by atoms with Crippen LogP contribution >= 0.6 is 0 Å². The summed E-state index contributed by atoms with van der Waals surface area (Å²) in [7, 11) is 0. The number of rotatable bonds is 4. The van der Waals surface area contributed by atoms with Crippen molar-refractivity contribution >= 4 is 10.9 Å². The van der Waals surface area contributed by atoms with E-state index in [1.165, 1.54) is 12.1 Å². The molecule has 2 N–H and O–H groups in total. The highest BCUT2D eigenvalue weighted by atomic mass is 19.1. The summed E-state index contributed by atoms with van der Waals surface area (Å²) in [6, 6.07) is 15.7. The number of nitrogens with zero attached hydrogens (tertiary/aromatic N) is 1. The number of hydrogen-bond acceptors (Lipinski definition) is 3. The van der Waals surface area contributed by atoms with Gasteiger partial charge in [0.2, 0.25) is 0 Å². The van der Waals surface area contributed by atoms with Crippen molar-refractivity contribution in [1.29, 1.82) is 0 Å². The zero-order chi connectivity index (χ0) is 14.7. The molecule has 1 heterocycles. The first kappa shape index (κ1) is 13.5. The van der Waals surface area contributed by atoms with Gasteiger partial charge in [0, 0.05) is 18.1 Å². The molecule has 0 aliphatic rings. The van der Waals surface area contributed by atoms with Crippen LogP contribution in [0.5, 0.6) is 5.75 Å². The normalized spacial score (nSPS) is 12.3. The molecule has 4 heteroatoms. The van der Waals surface area contributed by atoms with Gasteiger partial charge in [-0.05, 0) is 42.0 Å². The zero-order valence-corrected chi connectivity index (χ0v) is 11.4. The van der Waals surface area contributed by atoms with Crippen LogP contribution in [-0.4, -0.2) is 11.5 Å². The van der Waals surface area contributed by atoms with Gasteiger partial charge in [0.25, 0.3) is 0 Å². The highest BCUT2D eigenvalue weighted by molar-refractivity contribution is 5.84. The monoisotopic (exact) mass is 282 g/mol. The molecule has 1 atom stereocenters. The van der Waals surface area contributed by atoms with Crippen LogP contribution in [0, 0.1) is 5.82 Å². The number of benzene rings is 2. The molecule has 1 aromatic heterocycles. The number of ether oxygens (including phenoxy) is 1. The fourth-order valence-electron chi connectivity index (χ4n) is 2.26. The van der Waals surface area contributed by atoms with Crippen molar-refractivity contribution in [3.05, 3.63) is 72.2 Å². The second-order valence-corrected chi connectivity index (χ2v) is 4.72. The minimum absolute atomic E-state index is 0.274. The standard InChI is InChI=1S/C17H15FN2O/c18-13-8-6-12(7-9-13)17(11-19)21-16-5-1-4-15-14(16)3-2-10-20-15/h1-10,17H,11,19H2. The first-order valence-electron chi connectivity index (χ1n) is 6.74. The number of aromatic nitrogens is 1. The van der Waals surface area contributed by atoms with Crippen molar-refractivity contribution in [3.63, 3.8) is 0 Å². The number of pyridine rings is 1. The topological polar surface area (TPSA) is 48.1 Å². The van der Waals surface area contributed by atoms with Crippen molar-refractivity contribution in [2.24, 2.45) is 5.73 Å². The number of halogens is 1. The van der Waals surface area contributed by atoms with Crippen LogP contribution < -0.4 is 10.5 Å². The van der Waals surface area contributed by atoms with Crippen LogP contribution in [0.3, 0.4) is 0 Å². The molecule has 0 saturated carbocycles. The van der Waals surface area contributed by atoms with E-state index in [4.69, 9.17) is 10.5 Å². The Bertz CT molecular complexity index is 738. The number of nitrogens with two attached hydrogens (primary N) is 1. The number of hydrogen-bond donors (Lipinski definition) is 1. The first-order chi connectivity index (χ1) is 10.3. The van der Waals surface area contributed by atoms with Gasteiger partial charge in [-0.25, -0.2) is 4.39 Å². The Morgan fingerprint density at radius 3 is 2.62 bits per heavy atom. The minimum atomic E-state index is -0.323. The summed E-state index contributed by atoms with van der Waals surface area (Å²) in [6.45, 7) is 0.308. The van der Waals surface area contributed by atoms with Gasteiger partial charge in [0.15, 0.2) is 0 Å². The number of fused-ring (bicyclic) bond motifs is 1. The Morgan fingerprint density at radius 2 is 1.86 bits per heavy atom. The second kappa shape index (κ2) is 5.89. The fourth-order valence-corrected chi connectivity index (χ4v) is 2.26. The van der Waals surface area contributed by atoms with Crippen molar-refractivity contribution in [2.45, 2.75) is 6.10 Å². The van der Waals surface area contributed by atoms with Crippen molar-refractivity contribution in [3.8, 4) is 5.75 Å². The van der Waals surface area contributed by atoms with Crippen molar-refractivity contribution in [2.75, 3.05) is 6.54 Å². The third kappa shape index (κ3) is 2.85. The van der Waals surface area contributed by atoms with Gasteiger partial charge in [0.05, 0.1) is 5.52 Å². The van der Waals surface area contributed by atoms with Gasteiger partial charge < -0.3 is 10.5 Å². The van der Waals surface area contributed by atoms with Gasteiger partial charge >= 0.3 is 0 Å². The maximum Gasteiger partial charge on any atom is 0.136 e. The van der Waals surface area contributed by atoms with E-state index in [1.54, 1.807) is 18.3 Å². The van der Waals surface area contributed by atoms with Crippen LogP contribution in [0.25, 0.3) is 10.9 Å². The zero-order valence-electron chi connectivity index (χ0n) is 11.4. The van der Waals surface area contributed by atoms with Gasteiger partial charge in [-0.15, -0.1) is 0 Å². The van der Waals surface area contributed by atoms with Crippen LogP contribution in [0.2, 0.25) is 0 Å². The van der Waals surface area contributed by atoms with E-state index >= 15 is 0 Å². The van der Waals surface area contributed by atoms with Crippen molar-refractivity contribution < 1.29 is 9.13 Å². The molecule has 1 unspecified atom stereocenters. The first-order valence-corrected chi connectivity index (χ1v) is 6.74. The Labute approximate surface area is 122 Å². The molecule has 3 aromatic rings. The molecule has 0 saturated heterocycles. The van der Waals surface area contributed by atoms with E-state index in [-0.39, 0.29) is 11.9 Å². The largest absolute Gasteiger partial charge is 0.484 e. The van der Waals surface area contributed by atoms with E-state index in [0.29, 0.717) is 6.54 Å². The molecule has 0 aliphatic heterocycles. The summed E-state index contributed by atoms with van der Waals surface area (Å²) >= 11 is 0. The molecule has 0 aliphatic carbocycles. The Morgan fingerprint density at radius 1 is 1.05 bits per heavy atom. The van der Waals surface area contributed by atoms with Crippen LogP contribution in [0.4, 0.5) is 4.39 Å². The Hall–Kier alpha value is -2.46. The maximum atomic E-state index is 13.0. The highest BCUT2D eigenvalue weighted by Gasteiger charge is 2.13. The third-order valence-corrected chi connectivity index (χ3v) is 3.33. The van der Waals surface area contributed by atoms with E-state index in [0.717, 1.165) is 22.2 Å². The second-order valence-electron chi connectivity index (χ2n) is 4.72. The molecule has 0 amide bonds. The third-order valence-electron chi connectivity index (χ3n) is 3.33. The average Bonchev–Trinajstić information content (AvgIpc) is 2.54. The maximum absolute atomic E-state index is 13.0. The van der Waals surface area contributed by atoms with Gasteiger partial charge in [-0.2, -0.15) is 0 Å². The SMILES string of the molecule is NCC(Oc1cccc2ncccc12)c1ccc(F)cc1. The molecule has 0 fully saturated rings. The van der Waals surface area contributed by atoms with E-state index < -0.39 is 0 Å². The molecular weight excluding hydrogens is 267 g/mol. The predicted molar refractivity (Wildman–Crippen MR) is 80.6 cm³/mol. The Balaban J connectivity index is 1.94. The van der Waals surface area contributed by atoms with Crippen LogP contribution in [0.15, 0.2) is 60.8 Å². The summed E-state index contributed by atoms with van der Waals surface area (Å²) in [5, 5.41) is 0.931. The summed E-state index contributed by atoms with van der Waals surface area (Å²) < 4.78 is 19.0. The molecule has 3 nitrogen and oxygen atoms in total. The minimum Gasteiger partial charge on any atom is -0.484 e. The Kier molecular flexibility index (Phi) is 3.79. The lowest BCUT2D eigenvalue weighted by Gasteiger charge is -2.19. The van der Waals surface area contributed by atoms with Crippen LogP contribution in [0.1, 0.15) is 11.7 Å². The van der Waals surface area contributed by atoms with Gasteiger partial charge in [-0.1, -0.05) is 18.2 Å². The molecule has 3 rings (SSSR count). The predicted octanol–water partition coefficient (Wildman–Crippen LogP) is 3.45.